The molecule has 0 aliphatic carbocycles. The van der Waals surface area contributed by atoms with Crippen LogP contribution in [0.15, 0.2) is 22.8 Å². The number of carbonyl (C=O) groups excluding carboxylic acids is 1. The van der Waals surface area contributed by atoms with Gasteiger partial charge in [0.05, 0.1) is 12.6 Å². The minimum atomic E-state index is -2.66. The second-order valence-electron chi connectivity index (χ2n) is 5.80. The van der Waals surface area contributed by atoms with Crippen molar-refractivity contribution in [1.29, 1.82) is 0 Å². The third-order valence-corrected chi connectivity index (χ3v) is 5.16. The molecule has 3 rings (SSSR count). The third-order valence-electron chi connectivity index (χ3n) is 4.27. The quantitative estimate of drug-likeness (QED) is 0.709. The third kappa shape index (κ3) is 3.17. The molecule has 0 N–H and O–H groups in total. The van der Waals surface area contributed by atoms with E-state index >= 15 is 0 Å². The summed E-state index contributed by atoms with van der Waals surface area (Å²) in [5.41, 5.74) is 0.398. The van der Waals surface area contributed by atoms with Gasteiger partial charge in [-0.1, -0.05) is 6.07 Å². The van der Waals surface area contributed by atoms with Crippen molar-refractivity contribution in [3.63, 3.8) is 0 Å². The number of carbonyl (C=O) groups is 1. The van der Waals surface area contributed by atoms with Gasteiger partial charge in [0.15, 0.2) is 5.69 Å². The molecule has 0 bridgehead atoms. The lowest BCUT2D eigenvalue weighted by atomic mass is 10.1. The molecule has 4 nitrogen and oxygen atoms in total. The number of aromatic nitrogens is 2. The Morgan fingerprint density at radius 1 is 1.28 bits per heavy atom. The van der Waals surface area contributed by atoms with Crippen molar-refractivity contribution in [1.82, 2.24) is 14.7 Å². The van der Waals surface area contributed by atoms with Crippen LogP contribution in [-0.4, -0.2) is 39.6 Å². The van der Waals surface area contributed by atoms with Crippen molar-refractivity contribution in [2.24, 2.45) is 0 Å². The predicted molar refractivity (Wildman–Crippen MR) is 85.6 cm³/mol. The molecule has 0 saturated carbocycles. The Morgan fingerprint density at radius 3 is 2.52 bits per heavy atom. The van der Waals surface area contributed by atoms with E-state index in [0.717, 1.165) is 17.0 Å². The lowest BCUT2D eigenvalue weighted by Gasteiger charge is -2.31. The molecule has 0 fully saturated rings. The summed E-state index contributed by atoms with van der Waals surface area (Å²) in [5, 5.41) is 4.10. The predicted octanol–water partition coefficient (Wildman–Crippen LogP) is 3.62. The average Bonchev–Trinajstić information content (AvgIpc) is 2.88. The zero-order chi connectivity index (χ0) is 18.3. The first-order chi connectivity index (χ1) is 11.8. The maximum atomic E-state index is 13.8. The number of rotatable bonds is 4. The fourth-order valence-electron chi connectivity index (χ4n) is 2.80. The van der Waals surface area contributed by atoms with E-state index in [1.807, 2.05) is 0 Å². The van der Waals surface area contributed by atoms with Crippen molar-refractivity contribution < 1.29 is 22.4 Å². The Balaban J connectivity index is 1.94. The highest BCUT2D eigenvalue weighted by atomic mass is 79.9. The van der Waals surface area contributed by atoms with E-state index in [-0.39, 0.29) is 24.3 Å². The van der Waals surface area contributed by atoms with Crippen LogP contribution in [0.3, 0.4) is 0 Å². The number of hydrogen-bond donors (Lipinski definition) is 0. The van der Waals surface area contributed by atoms with E-state index in [4.69, 9.17) is 0 Å². The Morgan fingerprint density at radius 2 is 1.92 bits per heavy atom. The molecular formula is C16H14BrF4N3O. The molecule has 2 aromatic rings. The van der Waals surface area contributed by atoms with Gasteiger partial charge in [0.25, 0.3) is 12.3 Å². The average molecular weight is 420 g/mol. The Hall–Kier alpha value is -1.90. The number of halogens is 5. The minimum Gasteiger partial charge on any atom is -0.328 e. The van der Waals surface area contributed by atoms with Gasteiger partial charge < -0.3 is 4.90 Å². The zero-order valence-electron chi connectivity index (χ0n) is 13.1. The second-order valence-corrected chi connectivity index (χ2v) is 6.55. The van der Waals surface area contributed by atoms with Crippen LogP contribution in [0.25, 0.3) is 0 Å². The van der Waals surface area contributed by atoms with Gasteiger partial charge >= 0.3 is 0 Å². The Labute approximate surface area is 149 Å². The second kappa shape index (κ2) is 6.78. The maximum Gasteiger partial charge on any atom is 0.275 e. The molecule has 9 heteroatoms. The number of amides is 1. The number of alkyl halides is 2. The van der Waals surface area contributed by atoms with Gasteiger partial charge in [0.2, 0.25) is 0 Å². The van der Waals surface area contributed by atoms with E-state index < -0.39 is 30.0 Å². The van der Waals surface area contributed by atoms with Gasteiger partial charge in [-0.3, -0.25) is 9.48 Å². The van der Waals surface area contributed by atoms with Crippen molar-refractivity contribution in [2.45, 2.75) is 32.4 Å². The molecule has 0 radical (unpaired) electrons. The van der Waals surface area contributed by atoms with Crippen LogP contribution in [0.1, 0.15) is 28.5 Å². The van der Waals surface area contributed by atoms with Gasteiger partial charge in [-0.2, -0.15) is 5.10 Å². The first-order valence-electron chi connectivity index (χ1n) is 7.58. The zero-order valence-corrected chi connectivity index (χ0v) is 14.7. The molecule has 1 aliphatic heterocycles. The van der Waals surface area contributed by atoms with Crippen molar-refractivity contribution >= 4 is 21.8 Å². The van der Waals surface area contributed by atoms with Crippen LogP contribution in [0.2, 0.25) is 0 Å². The van der Waals surface area contributed by atoms with Crippen molar-refractivity contribution in [3.8, 4) is 0 Å². The van der Waals surface area contributed by atoms with Crippen molar-refractivity contribution in [3.05, 3.63) is 51.3 Å². The summed E-state index contributed by atoms with van der Waals surface area (Å²) in [6, 6.07) is 2.29. The van der Waals surface area contributed by atoms with Crippen LogP contribution < -0.4 is 0 Å². The SMILES string of the molecule is C[C@H](C(F)F)N1CCc2c(nn(Cc3c(F)cccc3F)c2Br)C1=O. The van der Waals surface area contributed by atoms with Gasteiger partial charge in [-0.25, -0.2) is 17.6 Å². The van der Waals surface area contributed by atoms with Gasteiger partial charge in [-0.15, -0.1) is 0 Å². The molecule has 2 heterocycles. The van der Waals surface area contributed by atoms with Gasteiger partial charge in [0.1, 0.15) is 16.2 Å². The summed E-state index contributed by atoms with van der Waals surface area (Å²) in [5.74, 6) is -2.05. The molecule has 1 aromatic carbocycles. The summed E-state index contributed by atoms with van der Waals surface area (Å²) in [6.07, 6.45) is -2.33. The van der Waals surface area contributed by atoms with E-state index in [2.05, 4.69) is 21.0 Å². The molecule has 0 saturated heterocycles. The lowest BCUT2D eigenvalue weighted by Crippen LogP contribution is -2.46. The highest BCUT2D eigenvalue weighted by Crippen LogP contribution is 2.29. The summed E-state index contributed by atoms with van der Waals surface area (Å²) in [6.45, 7) is 1.19. The molecular weight excluding hydrogens is 406 g/mol. The van der Waals surface area contributed by atoms with Crippen LogP contribution in [0.4, 0.5) is 17.6 Å². The highest BCUT2D eigenvalue weighted by molar-refractivity contribution is 9.10. The fraction of sp³-hybridized carbons (Fsp3) is 0.375. The number of benzene rings is 1. The fourth-order valence-corrected chi connectivity index (χ4v) is 3.39. The van der Waals surface area contributed by atoms with Crippen LogP contribution in [0.5, 0.6) is 0 Å². The lowest BCUT2D eigenvalue weighted by molar-refractivity contribution is 0.0254. The van der Waals surface area contributed by atoms with Crippen LogP contribution >= 0.6 is 15.9 Å². The monoisotopic (exact) mass is 419 g/mol. The normalized spacial score (nSPS) is 15.6. The first kappa shape index (κ1) is 17.9. The largest absolute Gasteiger partial charge is 0.328 e. The van der Waals surface area contributed by atoms with E-state index in [0.29, 0.717) is 16.6 Å². The maximum absolute atomic E-state index is 13.8. The standard InChI is InChI=1S/C16H14BrF4N3O/c1-8(15(20)21)23-6-5-9-13(16(23)25)22-24(14(9)17)7-10-11(18)3-2-4-12(10)19/h2-4,8,15H,5-7H2,1H3/t8-/m1/s1. The molecule has 1 aromatic heterocycles. The summed E-state index contributed by atoms with van der Waals surface area (Å²) in [7, 11) is 0. The van der Waals surface area contributed by atoms with Crippen LogP contribution in [0, 0.1) is 11.6 Å². The molecule has 1 amide bonds. The number of nitrogens with zero attached hydrogens (tertiary/aromatic N) is 3. The number of fused-ring (bicyclic) bond motifs is 1. The smallest absolute Gasteiger partial charge is 0.275 e. The molecule has 1 aliphatic rings. The van der Waals surface area contributed by atoms with E-state index in [9.17, 15) is 22.4 Å². The van der Waals surface area contributed by atoms with Crippen molar-refractivity contribution in [2.75, 3.05) is 6.54 Å². The summed E-state index contributed by atoms with van der Waals surface area (Å²) < 4.78 is 55.2. The Bertz CT molecular complexity index is 804. The highest BCUT2D eigenvalue weighted by Gasteiger charge is 2.36. The minimum absolute atomic E-state index is 0.0300. The molecule has 1 atom stereocenters. The first-order valence-corrected chi connectivity index (χ1v) is 8.37. The van der Waals surface area contributed by atoms with E-state index in [1.165, 1.54) is 17.7 Å². The van der Waals surface area contributed by atoms with Crippen LogP contribution in [-0.2, 0) is 13.0 Å². The summed E-state index contributed by atoms with van der Waals surface area (Å²) >= 11 is 3.29. The molecule has 25 heavy (non-hydrogen) atoms. The molecule has 0 spiro atoms. The topological polar surface area (TPSA) is 38.1 Å². The Kier molecular flexibility index (Phi) is 4.86. The van der Waals surface area contributed by atoms with E-state index in [1.54, 1.807) is 0 Å². The molecule has 0 unspecified atom stereocenters. The summed E-state index contributed by atoms with van der Waals surface area (Å²) in [4.78, 5) is 13.5. The number of hydrogen-bond acceptors (Lipinski definition) is 2. The van der Waals surface area contributed by atoms with Gasteiger partial charge in [-0.05, 0) is 41.4 Å². The molecule has 134 valence electrons. The van der Waals surface area contributed by atoms with Gasteiger partial charge in [0, 0.05) is 17.7 Å².